The van der Waals surface area contributed by atoms with E-state index in [-0.39, 0.29) is 17.8 Å². The molecule has 0 saturated carbocycles. The zero-order valence-corrected chi connectivity index (χ0v) is 15.2. The molecule has 26 heavy (non-hydrogen) atoms. The van der Waals surface area contributed by atoms with Crippen molar-refractivity contribution in [3.05, 3.63) is 47.1 Å². The summed E-state index contributed by atoms with van der Waals surface area (Å²) in [6.07, 6.45) is 5.82. The maximum atomic E-state index is 12.3. The van der Waals surface area contributed by atoms with E-state index >= 15 is 0 Å². The topological polar surface area (TPSA) is 93.1 Å². The Hall–Kier alpha value is -2.18. The van der Waals surface area contributed by atoms with E-state index < -0.39 is 36.7 Å². The minimum absolute atomic E-state index is 0.127. The van der Waals surface area contributed by atoms with Gasteiger partial charge in [-0.15, -0.1) is 0 Å². The molecule has 0 spiro atoms. The van der Waals surface area contributed by atoms with Crippen LogP contribution < -0.4 is 0 Å². The second-order valence-electron chi connectivity index (χ2n) is 6.61. The Kier molecular flexibility index (Phi) is 6.94. The van der Waals surface area contributed by atoms with E-state index in [0.717, 1.165) is 17.6 Å². The van der Waals surface area contributed by atoms with Crippen molar-refractivity contribution in [2.24, 2.45) is 5.92 Å². The van der Waals surface area contributed by atoms with Crippen molar-refractivity contribution in [3.8, 4) is 0 Å². The van der Waals surface area contributed by atoms with Crippen LogP contribution in [0.25, 0.3) is 0 Å². The lowest BCUT2D eigenvalue weighted by atomic mass is 9.85. The summed E-state index contributed by atoms with van der Waals surface area (Å²) >= 11 is 0. The third kappa shape index (κ3) is 4.51. The van der Waals surface area contributed by atoms with Crippen molar-refractivity contribution >= 4 is 11.9 Å². The molecule has 0 bridgehead atoms. The molecule has 6 heteroatoms. The van der Waals surface area contributed by atoms with Crippen LogP contribution in [0, 0.1) is 5.92 Å². The van der Waals surface area contributed by atoms with Gasteiger partial charge in [0.15, 0.2) is 0 Å². The van der Waals surface area contributed by atoms with Gasteiger partial charge in [-0.05, 0) is 38.3 Å². The molecule has 2 aliphatic rings. The van der Waals surface area contributed by atoms with Gasteiger partial charge in [-0.1, -0.05) is 24.3 Å². The largest absolute Gasteiger partial charge is 0.458 e. The lowest BCUT2D eigenvalue weighted by molar-refractivity contribution is -0.147. The number of hydrogen-bond acceptors (Lipinski definition) is 6. The molecule has 0 radical (unpaired) electrons. The fourth-order valence-electron chi connectivity index (χ4n) is 3.26. The standard InChI is InChI=1S/C20H26O6/c1-4-15(11-22)20(24)26-16-8-12(2)6-5-7-14(10-21)9-17-18(16)13(3)19(23)25-17/h4,6,9,16-18,21-22H,3,5,7-8,10-11H2,1-2H3/b12-6+,14-9+,15-4-/t16-,17+,18+/m0/s1. The van der Waals surface area contributed by atoms with Crippen molar-refractivity contribution in [1.29, 1.82) is 0 Å². The molecule has 142 valence electrons. The van der Waals surface area contributed by atoms with Gasteiger partial charge in [0.1, 0.15) is 12.2 Å². The highest BCUT2D eigenvalue weighted by molar-refractivity contribution is 5.92. The Labute approximate surface area is 153 Å². The van der Waals surface area contributed by atoms with Gasteiger partial charge in [0.2, 0.25) is 0 Å². The summed E-state index contributed by atoms with van der Waals surface area (Å²) in [5, 5.41) is 18.9. The van der Waals surface area contributed by atoms with Crippen molar-refractivity contribution < 1.29 is 29.3 Å². The molecule has 0 aromatic rings. The molecule has 1 heterocycles. The minimum Gasteiger partial charge on any atom is -0.458 e. The third-order valence-corrected chi connectivity index (χ3v) is 4.79. The second-order valence-corrected chi connectivity index (χ2v) is 6.61. The van der Waals surface area contributed by atoms with E-state index in [1.165, 1.54) is 6.08 Å². The fourth-order valence-corrected chi connectivity index (χ4v) is 3.26. The molecule has 3 atom stereocenters. The smallest absolute Gasteiger partial charge is 0.336 e. The van der Waals surface area contributed by atoms with Gasteiger partial charge in [-0.2, -0.15) is 0 Å². The Morgan fingerprint density at radius 2 is 2.19 bits per heavy atom. The zero-order valence-electron chi connectivity index (χ0n) is 15.2. The number of aliphatic hydroxyl groups is 2. The van der Waals surface area contributed by atoms with E-state index in [1.807, 2.05) is 13.0 Å². The Morgan fingerprint density at radius 3 is 2.81 bits per heavy atom. The summed E-state index contributed by atoms with van der Waals surface area (Å²) in [7, 11) is 0. The lowest BCUT2D eigenvalue weighted by Gasteiger charge is -2.27. The summed E-state index contributed by atoms with van der Waals surface area (Å²) in [5.74, 6) is -1.68. The fraction of sp³-hybridized carbons (Fsp3) is 0.500. The summed E-state index contributed by atoms with van der Waals surface area (Å²) in [4.78, 5) is 24.4. The highest BCUT2D eigenvalue weighted by atomic mass is 16.6. The molecule has 1 aliphatic carbocycles. The van der Waals surface area contributed by atoms with Crippen LogP contribution in [-0.2, 0) is 19.1 Å². The van der Waals surface area contributed by atoms with Crippen LogP contribution in [0.4, 0.5) is 0 Å². The second kappa shape index (κ2) is 8.96. The first-order valence-corrected chi connectivity index (χ1v) is 8.74. The number of hydrogen-bond donors (Lipinski definition) is 2. The van der Waals surface area contributed by atoms with E-state index in [2.05, 4.69) is 6.58 Å². The van der Waals surface area contributed by atoms with E-state index in [1.54, 1.807) is 13.0 Å². The SMILES string of the molecule is C=C1C(=O)O[C@@H]2/C=C(/CO)CC/C=C(\C)C[C@H](OC(=O)/C(=C\C)CO)[C@@H]12. The normalized spacial score (nSPS) is 31.2. The maximum Gasteiger partial charge on any atom is 0.336 e. The number of aliphatic hydroxyl groups excluding tert-OH is 2. The predicted molar refractivity (Wildman–Crippen MR) is 96.0 cm³/mol. The molecule has 2 N–H and O–H groups in total. The van der Waals surface area contributed by atoms with Crippen LogP contribution in [-0.4, -0.2) is 47.6 Å². The number of allylic oxidation sites excluding steroid dienone is 2. The average molecular weight is 362 g/mol. The summed E-state index contributed by atoms with van der Waals surface area (Å²) in [6, 6.07) is 0. The van der Waals surface area contributed by atoms with Crippen molar-refractivity contribution in [2.75, 3.05) is 13.2 Å². The Bertz CT molecular complexity index is 670. The summed E-state index contributed by atoms with van der Waals surface area (Å²) in [5.41, 5.74) is 2.19. The van der Waals surface area contributed by atoms with E-state index in [4.69, 9.17) is 9.47 Å². The highest BCUT2D eigenvalue weighted by Crippen LogP contribution is 2.36. The molecule has 2 rings (SSSR count). The molecule has 1 saturated heterocycles. The predicted octanol–water partition coefficient (Wildman–Crippen LogP) is 1.98. The van der Waals surface area contributed by atoms with E-state index in [0.29, 0.717) is 12.8 Å². The monoisotopic (exact) mass is 362 g/mol. The first-order valence-electron chi connectivity index (χ1n) is 8.74. The highest BCUT2D eigenvalue weighted by Gasteiger charge is 2.44. The van der Waals surface area contributed by atoms with Crippen LogP contribution in [0.1, 0.15) is 33.1 Å². The van der Waals surface area contributed by atoms with Gasteiger partial charge in [0, 0.05) is 12.0 Å². The molecule has 6 nitrogen and oxygen atoms in total. The molecule has 0 aromatic carbocycles. The number of rotatable bonds is 4. The lowest BCUT2D eigenvalue weighted by Crippen LogP contribution is -2.34. The van der Waals surface area contributed by atoms with Crippen LogP contribution >= 0.6 is 0 Å². The van der Waals surface area contributed by atoms with Crippen LogP contribution in [0.3, 0.4) is 0 Å². The summed E-state index contributed by atoms with van der Waals surface area (Å²) in [6.45, 7) is 6.85. The van der Waals surface area contributed by atoms with Gasteiger partial charge in [0.05, 0.1) is 24.7 Å². The van der Waals surface area contributed by atoms with Gasteiger partial charge in [0.25, 0.3) is 0 Å². The molecule has 1 fully saturated rings. The average Bonchev–Trinajstić information content (AvgIpc) is 2.88. The van der Waals surface area contributed by atoms with Gasteiger partial charge >= 0.3 is 11.9 Å². The van der Waals surface area contributed by atoms with Crippen LogP contribution in [0.2, 0.25) is 0 Å². The number of esters is 2. The van der Waals surface area contributed by atoms with Gasteiger partial charge < -0.3 is 19.7 Å². The third-order valence-electron chi connectivity index (χ3n) is 4.79. The first kappa shape index (κ1) is 20.1. The van der Waals surface area contributed by atoms with Crippen LogP contribution in [0.15, 0.2) is 47.1 Å². The number of carbonyl (C=O) groups excluding carboxylic acids is 2. The van der Waals surface area contributed by atoms with Crippen molar-refractivity contribution in [3.63, 3.8) is 0 Å². The van der Waals surface area contributed by atoms with Gasteiger partial charge in [-0.25, -0.2) is 9.59 Å². The molecule has 0 aromatic heterocycles. The quantitative estimate of drug-likeness (QED) is 0.451. The molecule has 0 unspecified atom stereocenters. The van der Waals surface area contributed by atoms with E-state index in [9.17, 15) is 19.8 Å². The number of ether oxygens (including phenoxy) is 2. The summed E-state index contributed by atoms with van der Waals surface area (Å²) < 4.78 is 11.0. The minimum atomic E-state index is -0.654. The number of carbonyl (C=O) groups is 2. The van der Waals surface area contributed by atoms with Crippen molar-refractivity contribution in [1.82, 2.24) is 0 Å². The zero-order chi connectivity index (χ0) is 19.3. The number of fused-ring (bicyclic) bond motifs is 1. The van der Waals surface area contributed by atoms with Crippen molar-refractivity contribution in [2.45, 2.75) is 45.3 Å². The maximum absolute atomic E-state index is 12.3. The molecular formula is C20H26O6. The van der Waals surface area contributed by atoms with Crippen LogP contribution in [0.5, 0.6) is 0 Å². The molecule has 1 aliphatic heterocycles. The molecule has 0 amide bonds. The van der Waals surface area contributed by atoms with Gasteiger partial charge in [-0.3, -0.25) is 0 Å². The Balaban J connectivity index is 2.39. The molecular weight excluding hydrogens is 336 g/mol. The first-order chi connectivity index (χ1) is 12.4. The Morgan fingerprint density at radius 1 is 1.46 bits per heavy atom.